The monoisotopic (exact) mass is 342 g/mol. The third-order valence-corrected chi connectivity index (χ3v) is 3.94. The van der Waals surface area contributed by atoms with Gasteiger partial charge in [0.2, 0.25) is 11.8 Å². The summed E-state index contributed by atoms with van der Waals surface area (Å²) in [4.78, 5) is 25.4. The zero-order valence-electron chi connectivity index (χ0n) is 14.8. The fourth-order valence-corrected chi connectivity index (χ4v) is 2.66. The number of para-hydroxylation sites is 2. The maximum absolute atomic E-state index is 13.9. The highest BCUT2D eigenvalue weighted by molar-refractivity contribution is 5.95. The SMILES string of the molecule is CC(=O)N(CCC(=O)Nc1ccccc1C(C)C)c1ccccc1F. The van der Waals surface area contributed by atoms with Crippen LogP contribution in [0.5, 0.6) is 0 Å². The summed E-state index contributed by atoms with van der Waals surface area (Å²) in [6, 6.07) is 13.7. The van der Waals surface area contributed by atoms with Crippen molar-refractivity contribution in [1.29, 1.82) is 0 Å². The lowest BCUT2D eigenvalue weighted by molar-refractivity contribution is -0.117. The van der Waals surface area contributed by atoms with Gasteiger partial charge in [-0.3, -0.25) is 9.59 Å². The van der Waals surface area contributed by atoms with Gasteiger partial charge in [-0.05, 0) is 29.7 Å². The summed E-state index contributed by atoms with van der Waals surface area (Å²) < 4.78 is 13.9. The Labute approximate surface area is 147 Å². The number of rotatable bonds is 6. The quantitative estimate of drug-likeness (QED) is 0.849. The van der Waals surface area contributed by atoms with Gasteiger partial charge in [0, 0.05) is 25.6 Å². The van der Waals surface area contributed by atoms with Crippen LogP contribution in [0.4, 0.5) is 15.8 Å². The molecule has 5 heteroatoms. The number of benzene rings is 2. The van der Waals surface area contributed by atoms with Crippen LogP contribution in [0.15, 0.2) is 48.5 Å². The summed E-state index contributed by atoms with van der Waals surface area (Å²) in [5, 5.41) is 2.88. The van der Waals surface area contributed by atoms with Crippen molar-refractivity contribution < 1.29 is 14.0 Å². The van der Waals surface area contributed by atoms with E-state index in [4.69, 9.17) is 0 Å². The minimum Gasteiger partial charge on any atom is -0.326 e. The van der Waals surface area contributed by atoms with Crippen molar-refractivity contribution in [3.05, 3.63) is 59.9 Å². The summed E-state index contributed by atoms with van der Waals surface area (Å²) >= 11 is 0. The van der Waals surface area contributed by atoms with Crippen LogP contribution < -0.4 is 10.2 Å². The molecule has 132 valence electrons. The highest BCUT2D eigenvalue weighted by Gasteiger charge is 2.17. The lowest BCUT2D eigenvalue weighted by atomic mass is 10.0. The number of carbonyl (C=O) groups excluding carboxylic acids is 2. The molecule has 4 nitrogen and oxygen atoms in total. The largest absolute Gasteiger partial charge is 0.326 e. The molecule has 0 heterocycles. The van der Waals surface area contributed by atoms with Crippen molar-refractivity contribution in [2.75, 3.05) is 16.8 Å². The number of anilines is 2. The fourth-order valence-electron chi connectivity index (χ4n) is 2.66. The lowest BCUT2D eigenvalue weighted by Gasteiger charge is -2.21. The van der Waals surface area contributed by atoms with Crippen molar-refractivity contribution in [3.8, 4) is 0 Å². The Balaban J connectivity index is 2.05. The van der Waals surface area contributed by atoms with Crippen LogP contribution in [0.3, 0.4) is 0 Å². The van der Waals surface area contributed by atoms with Gasteiger partial charge in [-0.25, -0.2) is 4.39 Å². The van der Waals surface area contributed by atoms with Crippen LogP contribution >= 0.6 is 0 Å². The van der Waals surface area contributed by atoms with Crippen LogP contribution in [0, 0.1) is 5.82 Å². The van der Waals surface area contributed by atoms with E-state index in [1.165, 1.54) is 24.0 Å². The maximum atomic E-state index is 13.9. The van der Waals surface area contributed by atoms with Crippen molar-refractivity contribution >= 4 is 23.2 Å². The number of amides is 2. The van der Waals surface area contributed by atoms with Gasteiger partial charge in [-0.15, -0.1) is 0 Å². The molecule has 2 aromatic carbocycles. The van der Waals surface area contributed by atoms with Crippen LogP contribution in [0.2, 0.25) is 0 Å². The minimum atomic E-state index is -0.483. The molecule has 0 bridgehead atoms. The molecule has 0 aliphatic heterocycles. The van der Waals surface area contributed by atoms with Gasteiger partial charge >= 0.3 is 0 Å². The topological polar surface area (TPSA) is 49.4 Å². The number of halogens is 1. The smallest absolute Gasteiger partial charge is 0.226 e. The van der Waals surface area contributed by atoms with Crippen molar-refractivity contribution in [3.63, 3.8) is 0 Å². The zero-order chi connectivity index (χ0) is 18.4. The molecule has 0 aromatic heterocycles. The molecule has 0 saturated heterocycles. The van der Waals surface area contributed by atoms with Crippen LogP contribution in [0.1, 0.15) is 38.7 Å². The molecule has 2 amide bonds. The Bertz CT molecular complexity index is 759. The van der Waals surface area contributed by atoms with Gasteiger partial charge in [-0.1, -0.05) is 44.2 Å². The standard InChI is InChI=1S/C20H23FN2O2/c1-14(2)16-8-4-6-10-18(16)22-20(25)12-13-23(15(3)24)19-11-7-5-9-17(19)21/h4-11,14H,12-13H2,1-3H3,(H,22,25). The summed E-state index contributed by atoms with van der Waals surface area (Å²) in [5.41, 5.74) is 2.00. The molecule has 0 unspecified atom stereocenters. The third-order valence-electron chi connectivity index (χ3n) is 3.94. The second-order valence-electron chi connectivity index (χ2n) is 6.16. The van der Waals surface area contributed by atoms with Crippen molar-refractivity contribution in [2.45, 2.75) is 33.1 Å². The van der Waals surface area contributed by atoms with Crippen LogP contribution in [-0.2, 0) is 9.59 Å². The van der Waals surface area contributed by atoms with Gasteiger partial charge in [0.05, 0.1) is 5.69 Å². The molecule has 0 saturated carbocycles. The van der Waals surface area contributed by atoms with Gasteiger partial charge in [0.15, 0.2) is 0 Å². The summed E-state index contributed by atoms with van der Waals surface area (Å²) in [6.07, 6.45) is 0.0837. The molecule has 2 aromatic rings. The highest BCUT2D eigenvalue weighted by Crippen LogP contribution is 2.24. The summed E-state index contributed by atoms with van der Waals surface area (Å²) in [6.45, 7) is 5.59. The first kappa shape index (κ1) is 18.6. The Kier molecular flexibility index (Phi) is 6.28. The first-order chi connectivity index (χ1) is 11.9. The van der Waals surface area contributed by atoms with Crippen LogP contribution in [-0.4, -0.2) is 18.4 Å². The zero-order valence-corrected chi connectivity index (χ0v) is 14.8. The number of hydrogen-bond donors (Lipinski definition) is 1. The van der Waals surface area contributed by atoms with E-state index in [1.54, 1.807) is 12.1 Å². The minimum absolute atomic E-state index is 0.0837. The molecular formula is C20H23FN2O2. The fraction of sp³-hybridized carbons (Fsp3) is 0.300. The van der Waals surface area contributed by atoms with Gasteiger partial charge in [0.25, 0.3) is 0 Å². The van der Waals surface area contributed by atoms with Crippen LogP contribution in [0.25, 0.3) is 0 Å². The van der Waals surface area contributed by atoms with Gasteiger partial charge in [-0.2, -0.15) is 0 Å². The summed E-state index contributed by atoms with van der Waals surface area (Å²) in [5.74, 6) is -0.719. The summed E-state index contributed by atoms with van der Waals surface area (Å²) in [7, 11) is 0. The van der Waals surface area contributed by atoms with E-state index in [-0.39, 0.29) is 36.4 Å². The molecule has 2 rings (SSSR count). The molecule has 1 N–H and O–H groups in total. The normalized spacial score (nSPS) is 10.6. The predicted octanol–water partition coefficient (Wildman–Crippen LogP) is 4.33. The van der Waals surface area contributed by atoms with Crippen molar-refractivity contribution in [1.82, 2.24) is 0 Å². The molecule has 0 fully saturated rings. The number of carbonyl (C=O) groups is 2. The molecule has 0 radical (unpaired) electrons. The van der Waals surface area contributed by atoms with E-state index in [1.807, 2.05) is 24.3 Å². The first-order valence-corrected chi connectivity index (χ1v) is 8.31. The molecule has 0 spiro atoms. The Morgan fingerprint density at radius 1 is 1.08 bits per heavy atom. The van der Waals surface area contributed by atoms with E-state index in [2.05, 4.69) is 19.2 Å². The first-order valence-electron chi connectivity index (χ1n) is 8.31. The molecular weight excluding hydrogens is 319 g/mol. The Morgan fingerprint density at radius 3 is 2.36 bits per heavy atom. The molecule has 0 atom stereocenters. The second kappa shape index (κ2) is 8.42. The molecule has 0 aliphatic rings. The number of hydrogen-bond acceptors (Lipinski definition) is 2. The molecule has 0 aliphatic carbocycles. The molecule has 25 heavy (non-hydrogen) atoms. The van der Waals surface area contributed by atoms with E-state index >= 15 is 0 Å². The lowest BCUT2D eigenvalue weighted by Crippen LogP contribution is -2.32. The van der Waals surface area contributed by atoms with E-state index in [0.717, 1.165) is 11.3 Å². The van der Waals surface area contributed by atoms with E-state index in [0.29, 0.717) is 0 Å². The van der Waals surface area contributed by atoms with Crippen molar-refractivity contribution in [2.24, 2.45) is 0 Å². The Hall–Kier alpha value is -2.69. The second-order valence-corrected chi connectivity index (χ2v) is 6.16. The predicted molar refractivity (Wildman–Crippen MR) is 98.2 cm³/mol. The Morgan fingerprint density at radius 2 is 1.72 bits per heavy atom. The highest BCUT2D eigenvalue weighted by atomic mass is 19.1. The number of nitrogens with one attached hydrogen (secondary N) is 1. The maximum Gasteiger partial charge on any atom is 0.226 e. The third kappa shape index (κ3) is 4.89. The van der Waals surface area contributed by atoms with E-state index in [9.17, 15) is 14.0 Å². The van der Waals surface area contributed by atoms with E-state index < -0.39 is 5.82 Å². The number of nitrogens with zero attached hydrogens (tertiary/aromatic N) is 1. The van der Waals surface area contributed by atoms with Gasteiger partial charge in [0.1, 0.15) is 5.82 Å². The average Bonchev–Trinajstić information content (AvgIpc) is 2.56. The average molecular weight is 342 g/mol. The van der Waals surface area contributed by atoms with Gasteiger partial charge < -0.3 is 10.2 Å².